The third-order valence-electron chi connectivity index (χ3n) is 2.70. The number of sulfone groups is 1. The second-order valence-electron chi connectivity index (χ2n) is 4.27. The smallest absolute Gasteiger partial charge is 0.243 e. The molecule has 3 rings (SSSR count). The van der Waals surface area contributed by atoms with Crippen LogP contribution in [0.5, 0.6) is 0 Å². The molecule has 0 aliphatic heterocycles. The van der Waals surface area contributed by atoms with E-state index in [2.05, 4.69) is 15.2 Å². The average molecular weight is 305 g/mol. The van der Waals surface area contributed by atoms with E-state index in [9.17, 15) is 8.42 Å². The molecule has 2 aromatic heterocycles. The monoisotopic (exact) mass is 305 g/mol. The van der Waals surface area contributed by atoms with Crippen molar-refractivity contribution in [2.24, 2.45) is 0 Å². The minimum absolute atomic E-state index is 0.109. The van der Waals surface area contributed by atoms with E-state index in [-0.39, 0.29) is 5.16 Å². The molecule has 2 heterocycles. The van der Waals surface area contributed by atoms with Gasteiger partial charge in [0.2, 0.25) is 15.0 Å². The minimum Gasteiger partial charge on any atom is -0.249 e. The number of thiophene rings is 1. The Labute approximate surface area is 120 Å². The van der Waals surface area contributed by atoms with E-state index in [1.165, 1.54) is 11.3 Å². The van der Waals surface area contributed by atoms with Gasteiger partial charge in [-0.2, -0.15) is 10.1 Å². The topological polar surface area (TPSA) is 75.7 Å². The fourth-order valence-electron chi connectivity index (χ4n) is 1.74. The summed E-state index contributed by atoms with van der Waals surface area (Å²) < 4.78 is 22.7. The number of nitrogens with one attached hydrogen (secondary N) is 1. The van der Waals surface area contributed by atoms with Gasteiger partial charge >= 0.3 is 0 Å². The minimum atomic E-state index is -3.36. The fraction of sp³-hybridized carbons (Fsp3) is 0.0769. The van der Waals surface area contributed by atoms with Crippen molar-refractivity contribution >= 4 is 21.2 Å². The maximum atomic E-state index is 11.4. The Kier molecular flexibility index (Phi) is 3.15. The van der Waals surface area contributed by atoms with Crippen LogP contribution in [0.4, 0.5) is 0 Å². The summed E-state index contributed by atoms with van der Waals surface area (Å²) in [5.74, 6) is 0.401. The summed E-state index contributed by atoms with van der Waals surface area (Å²) in [6.45, 7) is 0. The lowest BCUT2D eigenvalue weighted by Gasteiger charge is -1.94. The van der Waals surface area contributed by atoms with Gasteiger partial charge in [0.1, 0.15) is 0 Å². The Morgan fingerprint density at radius 2 is 1.75 bits per heavy atom. The Morgan fingerprint density at radius 3 is 2.40 bits per heavy atom. The number of hydrogen-bond donors (Lipinski definition) is 1. The van der Waals surface area contributed by atoms with Crippen LogP contribution >= 0.6 is 11.3 Å². The molecule has 20 heavy (non-hydrogen) atoms. The van der Waals surface area contributed by atoms with Gasteiger partial charge in [0.05, 0.1) is 4.88 Å². The third kappa shape index (κ3) is 2.50. The summed E-state index contributed by atoms with van der Waals surface area (Å²) >= 11 is 1.52. The maximum absolute atomic E-state index is 11.4. The molecule has 1 aromatic carbocycles. The molecule has 0 bridgehead atoms. The van der Waals surface area contributed by atoms with E-state index in [1.54, 1.807) is 0 Å². The Morgan fingerprint density at radius 1 is 1.05 bits per heavy atom. The van der Waals surface area contributed by atoms with E-state index in [4.69, 9.17) is 0 Å². The molecule has 3 aromatic rings. The van der Waals surface area contributed by atoms with Crippen molar-refractivity contribution in [3.63, 3.8) is 0 Å². The number of H-pyrrole nitrogens is 1. The number of hydrogen-bond acceptors (Lipinski definition) is 5. The quantitative estimate of drug-likeness (QED) is 0.807. The van der Waals surface area contributed by atoms with Gasteiger partial charge in [-0.3, -0.25) is 0 Å². The van der Waals surface area contributed by atoms with Crippen molar-refractivity contribution in [2.45, 2.75) is 5.16 Å². The Hall–Kier alpha value is -1.99. The van der Waals surface area contributed by atoms with Crippen molar-refractivity contribution in [1.82, 2.24) is 15.2 Å². The molecular weight excluding hydrogens is 294 g/mol. The summed E-state index contributed by atoms with van der Waals surface area (Å²) in [5, 5.41) is 6.30. The van der Waals surface area contributed by atoms with Gasteiger partial charge in [-0.25, -0.2) is 13.5 Å². The molecule has 0 aliphatic carbocycles. The SMILES string of the molecule is CS(=O)(=O)c1nc(-c2ccc(-c3ccccc3)s2)n[nH]1. The molecule has 5 nitrogen and oxygen atoms in total. The van der Waals surface area contributed by atoms with Crippen molar-refractivity contribution in [1.29, 1.82) is 0 Å². The summed E-state index contributed by atoms with van der Waals surface area (Å²) in [5.41, 5.74) is 1.11. The van der Waals surface area contributed by atoms with E-state index in [0.717, 1.165) is 21.6 Å². The van der Waals surface area contributed by atoms with Gasteiger partial charge in [0.15, 0.2) is 5.82 Å². The van der Waals surface area contributed by atoms with Gasteiger partial charge in [-0.15, -0.1) is 11.3 Å². The third-order valence-corrected chi connectivity index (χ3v) is 4.72. The first-order valence-corrected chi connectivity index (χ1v) is 8.53. The first-order chi connectivity index (χ1) is 9.54. The van der Waals surface area contributed by atoms with Crippen LogP contribution in [0.15, 0.2) is 47.6 Å². The molecule has 0 aliphatic rings. The molecular formula is C13H11N3O2S2. The lowest BCUT2D eigenvalue weighted by atomic mass is 10.2. The second-order valence-corrected chi connectivity index (χ2v) is 7.28. The highest BCUT2D eigenvalue weighted by molar-refractivity contribution is 7.90. The highest BCUT2D eigenvalue weighted by Gasteiger charge is 2.15. The van der Waals surface area contributed by atoms with Crippen LogP contribution in [0, 0.1) is 0 Å². The molecule has 0 fully saturated rings. The van der Waals surface area contributed by atoms with Crippen molar-refractivity contribution in [3.05, 3.63) is 42.5 Å². The largest absolute Gasteiger partial charge is 0.249 e. The van der Waals surface area contributed by atoms with Gasteiger partial charge in [0.25, 0.3) is 0 Å². The number of aromatic nitrogens is 3. The number of aromatic amines is 1. The van der Waals surface area contributed by atoms with E-state index < -0.39 is 9.84 Å². The number of benzene rings is 1. The van der Waals surface area contributed by atoms with Crippen LogP contribution in [0.1, 0.15) is 0 Å². The number of nitrogens with zero attached hydrogens (tertiary/aromatic N) is 2. The molecule has 0 spiro atoms. The van der Waals surface area contributed by atoms with E-state index in [1.807, 2.05) is 42.5 Å². The lowest BCUT2D eigenvalue weighted by Crippen LogP contribution is -1.99. The lowest BCUT2D eigenvalue weighted by molar-refractivity contribution is 0.594. The predicted molar refractivity (Wildman–Crippen MR) is 78.2 cm³/mol. The van der Waals surface area contributed by atoms with Gasteiger partial charge in [0, 0.05) is 11.1 Å². The fourth-order valence-corrected chi connectivity index (χ4v) is 3.15. The van der Waals surface area contributed by atoms with Crippen molar-refractivity contribution < 1.29 is 8.42 Å². The zero-order valence-electron chi connectivity index (χ0n) is 10.6. The molecule has 0 saturated heterocycles. The second kappa shape index (κ2) is 4.84. The average Bonchev–Trinajstić information content (AvgIpc) is 3.08. The molecule has 7 heteroatoms. The molecule has 0 radical (unpaired) electrons. The highest BCUT2D eigenvalue weighted by atomic mass is 32.2. The van der Waals surface area contributed by atoms with E-state index >= 15 is 0 Å². The first-order valence-electron chi connectivity index (χ1n) is 5.82. The van der Waals surface area contributed by atoms with Crippen molar-refractivity contribution in [2.75, 3.05) is 6.26 Å². The van der Waals surface area contributed by atoms with Gasteiger partial charge < -0.3 is 0 Å². The van der Waals surface area contributed by atoms with Crippen LogP contribution in [-0.2, 0) is 9.84 Å². The summed E-state index contributed by atoms with van der Waals surface area (Å²) in [4.78, 5) is 5.93. The van der Waals surface area contributed by atoms with Crippen LogP contribution < -0.4 is 0 Å². The standard InChI is InChI=1S/C13H11N3O2S2/c1-20(17,18)13-14-12(15-16-13)11-8-7-10(19-11)9-5-3-2-4-6-9/h2-8H,1H3,(H,14,15,16). The molecule has 0 atom stereocenters. The molecule has 0 unspecified atom stereocenters. The molecule has 102 valence electrons. The van der Waals surface area contributed by atoms with Crippen LogP contribution in [0.25, 0.3) is 21.1 Å². The van der Waals surface area contributed by atoms with Gasteiger partial charge in [-0.05, 0) is 17.7 Å². The van der Waals surface area contributed by atoms with Crippen molar-refractivity contribution in [3.8, 4) is 21.1 Å². The maximum Gasteiger partial charge on any atom is 0.243 e. The van der Waals surface area contributed by atoms with Gasteiger partial charge in [-0.1, -0.05) is 30.3 Å². The van der Waals surface area contributed by atoms with Crippen LogP contribution in [-0.4, -0.2) is 29.9 Å². The predicted octanol–water partition coefficient (Wildman–Crippen LogP) is 2.60. The summed E-state index contributed by atoms with van der Waals surface area (Å²) in [7, 11) is -3.36. The summed E-state index contributed by atoms with van der Waals surface area (Å²) in [6, 6.07) is 13.8. The zero-order valence-corrected chi connectivity index (χ0v) is 12.2. The zero-order chi connectivity index (χ0) is 14.2. The first kappa shape index (κ1) is 13.0. The molecule has 0 amide bonds. The Bertz CT molecular complexity index is 835. The van der Waals surface area contributed by atoms with Crippen LogP contribution in [0.3, 0.4) is 0 Å². The van der Waals surface area contributed by atoms with Crippen LogP contribution in [0.2, 0.25) is 0 Å². The number of rotatable bonds is 3. The Balaban J connectivity index is 1.97. The molecule has 0 saturated carbocycles. The summed E-state index contributed by atoms with van der Waals surface area (Å²) in [6.07, 6.45) is 1.10. The van der Waals surface area contributed by atoms with E-state index in [0.29, 0.717) is 5.82 Å². The highest BCUT2D eigenvalue weighted by Crippen LogP contribution is 2.32. The normalized spacial score (nSPS) is 11.7. The molecule has 1 N–H and O–H groups in total.